The number of ether oxygens (including phenoxy) is 1. The van der Waals surface area contributed by atoms with Crippen LogP contribution in [-0.4, -0.2) is 19.3 Å². The van der Waals surface area contributed by atoms with Gasteiger partial charge in [0, 0.05) is 19.3 Å². The summed E-state index contributed by atoms with van der Waals surface area (Å²) < 4.78 is 5.08. The van der Waals surface area contributed by atoms with Crippen molar-refractivity contribution in [3.63, 3.8) is 0 Å². The van der Waals surface area contributed by atoms with Gasteiger partial charge in [0.2, 0.25) is 0 Å². The molecule has 0 radical (unpaired) electrons. The van der Waals surface area contributed by atoms with Gasteiger partial charge in [-0.15, -0.1) is 0 Å². The third-order valence-electron chi connectivity index (χ3n) is 5.36. The molecule has 1 aromatic rings. The second kappa shape index (κ2) is 8.69. The molecule has 2 atom stereocenters. The van der Waals surface area contributed by atoms with E-state index in [0.717, 1.165) is 19.4 Å². The van der Waals surface area contributed by atoms with Gasteiger partial charge in [-0.3, -0.25) is 0 Å². The minimum Gasteiger partial charge on any atom is -0.385 e. The molecule has 0 aliphatic heterocycles. The van der Waals surface area contributed by atoms with Crippen molar-refractivity contribution < 1.29 is 4.74 Å². The minimum atomic E-state index is 0.0888. The van der Waals surface area contributed by atoms with Crippen molar-refractivity contribution in [1.82, 2.24) is 0 Å². The number of nitrogens with two attached hydrogens (primary N) is 1. The average Bonchev–Trinajstić information content (AvgIpc) is 2.94. The molecule has 0 heterocycles. The fourth-order valence-corrected chi connectivity index (χ4v) is 3.65. The summed E-state index contributed by atoms with van der Waals surface area (Å²) in [4.78, 5) is 0. The van der Waals surface area contributed by atoms with Crippen LogP contribution in [0.4, 0.5) is 0 Å². The molecular formula is C20H33NO. The molecular weight excluding hydrogens is 270 g/mol. The van der Waals surface area contributed by atoms with Crippen molar-refractivity contribution in [2.24, 2.45) is 5.73 Å². The second-order valence-electron chi connectivity index (χ2n) is 7.05. The Hall–Kier alpha value is -0.860. The highest BCUT2D eigenvalue weighted by Crippen LogP contribution is 2.41. The first-order valence-electron chi connectivity index (χ1n) is 9.03. The van der Waals surface area contributed by atoms with Gasteiger partial charge in [0.1, 0.15) is 0 Å². The third-order valence-corrected chi connectivity index (χ3v) is 5.36. The number of aryl methyl sites for hydroxylation is 1. The molecule has 2 nitrogen and oxygen atoms in total. The van der Waals surface area contributed by atoms with E-state index in [1.807, 2.05) is 0 Å². The summed E-state index contributed by atoms with van der Waals surface area (Å²) >= 11 is 0. The van der Waals surface area contributed by atoms with Crippen LogP contribution in [-0.2, 0) is 11.2 Å². The number of unbranched alkanes of at least 4 members (excludes halogenated alkanes) is 3. The zero-order chi connectivity index (χ0) is 15.8. The summed E-state index contributed by atoms with van der Waals surface area (Å²) in [6.07, 6.45) is 11.0. The lowest BCUT2D eigenvalue weighted by atomic mass is 9.91. The van der Waals surface area contributed by atoms with E-state index in [4.69, 9.17) is 10.5 Å². The normalized spacial score (nSPS) is 24.8. The van der Waals surface area contributed by atoms with E-state index < -0.39 is 0 Å². The van der Waals surface area contributed by atoms with Gasteiger partial charge in [-0.05, 0) is 62.0 Å². The number of hydrogen-bond donors (Lipinski definition) is 1. The summed E-state index contributed by atoms with van der Waals surface area (Å²) in [5.74, 6) is 0.674. The highest BCUT2D eigenvalue weighted by molar-refractivity contribution is 5.27. The largest absolute Gasteiger partial charge is 0.385 e. The Morgan fingerprint density at radius 3 is 2.50 bits per heavy atom. The predicted molar refractivity (Wildman–Crippen MR) is 94.3 cm³/mol. The zero-order valence-corrected chi connectivity index (χ0v) is 14.4. The first-order valence-corrected chi connectivity index (χ1v) is 9.03. The molecule has 2 heteroatoms. The van der Waals surface area contributed by atoms with E-state index >= 15 is 0 Å². The maximum atomic E-state index is 6.42. The van der Waals surface area contributed by atoms with Gasteiger partial charge in [0.25, 0.3) is 0 Å². The Balaban J connectivity index is 1.74. The lowest BCUT2D eigenvalue weighted by Gasteiger charge is -2.22. The molecule has 124 valence electrons. The monoisotopic (exact) mass is 303 g/mol. The summed E-state index contributed by atoms with van der Waals surface area (Å²) in [5, 5.41) is 0. The fraction of sp³-hybridized carbons (Fsp3) is 0.700. The standard InChI is InChI=1S/C20H33NO/c1-3-20(21)14-13-19(16-20)18-11-9-17(10-12-18)8-6-4-5-7-15-22-2/h9-12,19H,3-8,13-16,21H2,1-2H3/t19-,20+/m0/s1. The molecule has 2 rings (SSSR count). The molecule has 1 fully saturated rings. The SMILES string of the molecule is CC[C@@]1(N)CC[C@H](c2ccc(CCCCCCOC)cc2)C1. The average molecular weight is 303 g/mol. The van der Waals surface area contributed by atoms with E-state index in [1.54, 1.807) is 7.11 Å². The fourth-order valence-electron chi connectivity index (χ4n) is 3.65. The van der Waals surface area contributed by atoms with Crippen molar-refractivity contribution >= 4 is 0 Å². The van der Waals surface area contributed by atoms with Crippen molar-refractivity contribution in [3.8, 4) is 0 Å². The first-order chi connectivity index (χ1) is 10.7. The van der Waals surface area contributed by atoms with Crippen LogP contribution in [0.15, 0.2) is 24.3 Å². The first kappa shape index (κ1) is 17.5. The highest BCUT2D eigenvalue weighted by Gasteiger charge is 2.34. The summed E-state index contributed by atoms with van der Waals surface area (Å²) in [6.45, 7) is 3.12. The molecule has 22 heavy (non-hydrogen) atoms. The topological polar surface area (TPSA) is 35.2 Å². The van der Waals surface area contributed by atoms with E-state index in [2.05, 4.69) is 31.2 Å². The number of rotatable bonds is 9. The molecule has 1 aliphatic carbocycles. The Kier molecular flexibility index (Phi) is 6.91. The lowest BCUT2D eigenvalue weighted by Crippen LogP contribution is -2.35. The highest BCUT2D eigenvalue weighted by atomic mass is 16.5. The van der Waals surface area contributed by atoms with E-state index in [1.165, 1.54) is 56.1 Å². The van der Waals surface area contributed by atoms with Gasteiger partial charge in [-0.25, -0.2) is 0 Å². The van der Waals surface area contributed by atoms with Crippen molar-refractivity contribution in [2.75, 3.05) is 13.7 Å². The smallest absolute Gasteiger partial charge is 0.0462 e. The molecule has 1 saturated carbocycles. The summed E-state index contributed by atoms with van der Waals surface area (Å²) in [5.41, 5.74) is 9.48. The summed E-state index contributed by atoms with van der Waals surface area (Å²) in [6, 6.07) is 9.33. The van der Waals surface area contributed by atoms with Gasteiger partial charge in [-0.2, -0.15) is 0 Å². The Morgan fingerprint density at radius 2 is 1.86 bits per heavy atom. The van der Waals surface area contributed by atoms with Gasteiger partial charge in [0.15, 0.2) is 0 Å². The van der Waals surface area contributed by atoms with Crippen LogP contribution in [0, 0.1) is 0 Å². The number of methoxy groups -OCH3 is 1. The van der Waals surface area contributed by atoms with Crippen molar-refractivity contribution in [2.45, 2.75) is 76.2 Å². The Labute approximate surface area is 136 Å². The van der Waals surface area contributed by atoms with Crippen LogP contribution in [0.1, 0.15) is 75.3 Å². The molecule has 0 saturated heterocycles. The van der Waals surface area contributed by atoms with Crippen LogP contribution in [0.2, 0.25) is 0 Å². The van der Waals surface area contributed by atoms with Crippen LogP contribution < -0.4 is 5.73 Å². The van der Waals surface area contributed by atoms with Gasteiger partial charge in [0.05, 0.1) is 0 Å². The summed E-state index contributed by atoms with van der Waals surface area (Å²) in [7, 11) is 1.78. The van der Waals surface area contributed by atoms with Crippen LogP contribution in [0.3, 0.4) is 0 Å². The van der Waals surface area contributed by atoms with Crippen LogP contribution in [0.5, 0.6) is 0 Å². The molecule has 0 bridgehead atoms. The quantitative estimate of drug-likeness (QED) is 0.664. The lowest BCUT2D eigenvalue weighted by molar-refractivity contribution is 0.192. The number of hydrogen-bond acceptors (Lipinski definition) is 2. The van der Waals surface area contributed by atoms with Crippen molar-refractivity contribution in [3.05, 3.63) is 35.4 Å². The van der Waals surface area contributed by atoms with Crippen LogP contribution in [0.25, 0.3) is 0 Å². The maximum Gasteiger partial charge on any atom is 0.0462 e. The van der Waals surface area contributed by atoms with E-state index in [9.17, 15) is 0 Å². The maximum absolute atomic E-state index is 6.42. The molecule has 0 spiro atoms. The van der Waals surface area contributed by atoms with Crippen molar-refractivity contribution in [1.29, 1.82) is 0 Å². The predicted octanol–water partition coefficient (Wildman–Crippen LogP) is 4.81. The third kappa shape index (κ3) is 5.10. The van der Waals surface area contributed by atoms with Gasteiger partial charge < -0.3 is 10.5 Å². The van der Waals surface area contributed by atoms with Gasteiger partial charge in [-0.1, -0.05) is 44.0 Å². The Bertz CT molecular complexity index is 428. The zero-order valence-electron chi connectivity index (χ0n) is 14.4. The second-order valence-corrected chi connectivity index (χ2v) is 7.05. The minimum absolute atomic E-state index is 0.0888. The van der Waals surface area contributed by atoms with E-state index in [0.29, 0.717) is 5.92 Å². The van der Waals surface area contributed by atoms with Gasteiger partial charge >= 0.3 is 0 Å². The number of benzene rings is 1. The molecule has 0 aromatic heterocycles. The Morgan fingerprint density at radius 1 is 1.14 bits per heavy atom. The molecule has 2 N–H and O–H groups in total. The van der Waals surface area contributed by atoms with E-state index in [-0.39, 0.29) is 5.54 Å². The molecule has 1 aliphatic rings. The molecule has 0 amide bonds. The van der Waals surface area contributed by atoms with Crippen LogP contribution >= 0.6 is 0 Å². The molecule has 1 aromatic carbocycles. The molecule has 0 unspecified atom stereocenters.